The van der Waals surface area contributed by atoms with Gasteiger partial charge in [0.15, 0.2) is 0 Å². The molecule has 5 nitrogen and oxygen atoms in total. The Morgan fingerprint density at radius 1 is 0.938 bits per heavy atom. The summed E-state index contributed by atoms with van der Waals surface area (Å²) in [5, 5.41) is 2.05. The molecule has 0 unspecified atom stereocenters. The number of amides is 2. The largest absolute Gasteiger partial charge is 0.447 e. The summed E-state index contributed by atoms with van der Waals surface area (Å²) in [5.74, 6) is -0.291. The third-order valence-electron chi connectivity index (χ3n) is 6.38. The SMILES string of the molecule is O=C1OC[C@@H](Cc2ccccc2)N1C(=O)[C@H]1CN(Cc2ccccc2)C[C@@H]1c1cccs1. The summed E-state index contributed by atoms with van der Waals surface area (Å²) in [6.07, 6.45) is 0.102. The van der Waals surface area contributed by atoms with E-state index in [2.05, 4.69) is 28.5 Å². The van der Waals surface area contributed by atoms with E-state index >= 15 is 0 Å². The molecule has 3 heterocycles. The predicted octanol–water partition coefficient (Wildman–Crippen LogP) is 4.55. The molecule has 164 valence electrons. The van der Waals surface area contributed by atoms with E-state index in [0.717, 1.165) is 18.7 Å². The van der Waals surface area contributed by atoms with Crippen LogP contribution >= 0.6 is 11.3 Å². The van der Waals surface area contributed by atoms with E-state index in [-0.39, 0.29) is 30.4 Å². The van der Waals surface area contributed by atoms with Gasteiger partial charge in [-0.2, -0.15) is 0 Å². The molecular formula is C26H26N2O3S. The van der Waals surface area contributed by atoms with Crippen molar-refractivity contribution in [3.8, 4) is 0 Å². The van der Waals surface area contributed by atoms with Crippen molar-refractivity contribution in [1.29, 1.82) is 0 Å². The zero-order chi connectivity index (χ0) is 21.9. The fraction of sp³-hybridized carbons (Fsp3) is 0.308. The van der Waals surface area contributed by atoms with Gasteiger partial charge in [0.1, 0.15) is 6.61 Å². The van der Waals surface area contributed by atoms with Crippen molar-refractivity contribution in [2.75, 3.05) is 19.7 Å². The Morgan fingerprint density at radius 2 is 1.66 bits per heavy atom. The quantitative estimate of drug-likeness (QED) is 0.557. The fourth-order valence-electron chi connectivity index (χ4n) is 4.84. The molecule has 6 heteroatoms. The van der Waals surface area contributed by atoms with E-state index in [1.165, 1.54) is 15.3 Å². The van der Waals surface area contributed by atoms with Crippen LogP contribution in [0.25, 0.3) is 0 Å². The van der Waals surface area contributed by atoms with Crippen LogP contribution in [-0.2, 0) is 22.5 Å². The summed E-state index contributed by atoms with van der Waals surface area (Å²) in [6.45, 7) is 2.49. The lowest BCUT2D eigenvalue weighted by molar-refractivity contribution is -0.133. The Kier molecular flexibility index (Phi) is 6.06. The van der Waals surface area contributed by atoms with Gasteiger partial charge >= 0.3 is 6.09 Å². The van der Waals surface area contributed by atoms with Crippen molar-refractivity contribution in [3.05, 3.63) is 94.2 Å². The lowest BCUT2D eigenvalue weighted by atomic mass is 9.92. The molecule has 2 aliphatic heterocycles. The third-order valence-corrected chi connectivity index (χ3v) is 7.39. The average molecular weight is 447 g/mol. The fourth-order valence-corrected chi connectivity index (χ4v) is 5.73. The Bertz CT molecular complexity index is 1060. The summed E-state index contributed by atoms with van der Waals surface area (Å²) in [7, 11) is 0. The molecule has 0 radical (unpaired) electrons. The van der Waals surface area contributed by atoms with Crippen molar-refractivity contribution >= 4 is 23.3 Å². The van der Waals surface area contributed by atoms with E-state index < -0.39 is 6.09 Å². The normalized spacial score (nSPS) is 23.4. The molecular weight excluding hydrogens is 420 g/mol. The summed E-state index contributed by atoms with van der Waals surface area (Å²) >= 11 is 1.68. The van der Waals surface area contributed by atoms with Crippen LogP contribution in [-0.4, -0.2) is 47.5 Å². The van der Waals surface area contributed by atoms with Gasteiger partial charge in [-0.3, -0.25) is 9.69 Å². The van der Waals surface area contributed by atoms with Gasteiger partial charge in [0.2, 0.25) is 5.91 Å². The first kappa shape index (κ1) is 20.9. The van der Waals surface area contributed by atoms with Gasteiger partial charge in [0, 0.05) is 30.4 Å². The first-order chi connectivity index (χ1) is 15.7. The highest BCUT2D eigenvalue weighted by molar-refractivity contribution is 7.10. The maximum atomic E-state index is 13.8. The van der Waals surface area contributed by atoms with Crippen molar-refractivity contribution in [2.45, 2.75) is 24.9 Å². The number of ether oxygens (including phenoxy) is 1. The number of hydrogen-bond donors (Lipinski definition) is 0. The summed E-state index contributed by atoms with van der Waals surface area (Å²) in [5.41, 5.74) is 2.33. The van der Waals surface area contributed by atoms with Crippen molar-refractivity contribution < 1.29 is 14.3 Å². The number of rotatable bonds is 6. The lowest BCUT2D eigenvalue weighted by Crippen LogP contribution is -2.45. The van der Waals surface area contributed by atoms with Gasteiger partial charge in [-0.1, -0.05) is 66.7 Å². The minimum absolute atomic E-state index is 0.0805. The molecule has 0 spiro atoms. The molecule has 1 aromatic heterocycles. The molecule has 3 atom stereocenters. The number of benzene rings is 2. The van der Waals surface area contributed by atoms with Crippen LogP contribution in [0.4, 0.5) is 4.79 Å². The summed E-state index contributed by atoms with van der Waals surface area (Å²) < 4.78 is 5.33. The van der Waals surface area contributed by atoms with Gasteiger partial charge in [0.25, 0.3) is 0 Å². The van der Waals surface area contributed by atoms with E-state index in [9.17, 15) is 9.59 Å². The first-order valence-corrected chi connectivity index (χ1v) is 11.9. The number of thiophene rings is 1. The van der Waals surface area contributed by atoms with Gasteiger partial charge in [-0.05, 0) is 29.0 Å². The Labute approximate surface area is 192 Å². The molecule has 0 saturated carbocycles. The second-order valence-corrected chi connectivity index (χ2v) is 9.52. The highest BCUT2D eigenvalue weighted by Gasteiger charge is 2.46. The molecule has 2 aliphatic rings. The van der Waals surface area contributed by atoms with E-state index in [0.29, 0.717) is 13.0 Å². The second-order valence-electron chi connectivity index (χ2n) is 8.54. The maximum absolute atomic E-state index is 13.8. The molecule has 2 saturated heterocycles. The molecule has 0 aliphatic carbocycles. The Balaban J connectivity index is 1.37. The zero-order valence-electron chi connectivity index (χ0n) is 17.8. The molecule has 32 heavy (non-hydrogen) atoms. The smallest absolute Gasteiger partial charge is 0.416 e. The van der Waals surface area contributed by atoms with Crippen LogP contribution in [0.5, 0.6) is 0 Å². The molecule has 2 fully saturated rings. The van der Waals surface area contributed by atoms with E-state index in [1.54, 1.807) is 11.3 Å². The molecule has 3 aromatic rings. The first-order valence-electron chi connectivity index (χ1n) is 11.0. The standard InChI is InChI=1S/C26H26N2O3S/c29-25(28-21(18-31-26(28)30)14-19-8-3-1-4-9-19)23-17-27(15-20-10-5-2-6-11-20)16-22(23)24-12-7-13-32-24/h1-13,21-23H,14-18H2/t21-,22+,23+/m1/s1. The molecule has 2 amide bonds. The molecule has 2 aromatic carbocycles. The van der Waals surface area contributed by atoms with Gasteiger partial charge < -0.3 is 4.74 Å². The highest BCUT2D eigenvalue weighted by Crippen LogP contribution is 2.38. The number of hydrogen-bond acceptors (Lipinski definition) is 5. The second kappa shape index (κ2) is 9.27. The number of carbonyl (C=O) groups is 2. The van der Waals surface area contributed by atoms with Crippen LogP contribution < -0.4 is 0 Å². The number of cyclic esters (lactones) is 1. The van der Waals surface area contributed by atoms with Crippen LogP contribution in [0.15, 0.2) is 78.2 Å². The minimum atomic E-state index is -0.512. The van der Waals surface area contributed by atoms with Crippen LogP contribution in [0.2, 0.25) is 0 Å². The number of likely N-dealkylation sites (tertiary alicyclic amines) is 1. The summed E-state index contributed by atoms with van der Waals surface area (Å²) in [6, 6.07) is 24.2. The minimum Gasteiger partial charge on any atom is -0.447 e. The number of imide groups is 1. The topological polar surface area (TPSA) is 49.9 Å². The van der Waals surface area contributed by atoms with Gasteiger partial charge in [0.05, 0.1) is 12.0 Å². The van der Waals surface area contributed by atoms with Crippen molar-refractivity contribution in [2.24, 2.45) is 5.92 Å². The lowest BCUT2D eigenvalue weighted by Gasteiger charge is -2.25. The van der Waals surface area contributed by atoms with E-state index in [1.807, 2.05) is 54.6 Å². The van der Waals surface area contributed by atoms with E-state index in [4.69, 9.17) is 4.74 Å². The average Bonchev–Trinajstić information content (AvgIpc) is 3.55. The Hall–Kier alpha value is -2.96. The van der Waals surface area contributed by atoms with Crippen LogP contribution in [0, 0.1) is 5.92 Å². The molecule has 0 bridgehead atoms. The highest BCUT2D eigenvalue weighted by atomic mass is 32.1. The monoisotopic (exact) mass is 446 g/mol. The third kappa shape index (κ3) is 4.33. The maximum Gasteiger partial charge on any atom is 0.416 e. The number of nitrogens with zero attached hydrogens (tertiary/aromatic N) is 2. The van der Waals surface area contributed by atoms with Crippen LogP contribution in [0.1, 0.15) is 21.9 Å². The van der Waals surface area contributed by atoms with Crippen molar-refractivity contribution in [1.82, 2.24) is 9.80 Å². The van der Waals surface area contributed by atoms with Crippen LogP contribution in [0.3, 0.4) is 0 Å². The van der Waals surface area contributed by atoms with Gasteiger partial charge in [-0.25, -0.2) is 9.69 Å². The zero-order valence-corrected chi connectivity index (χ0v) is 18.6. The summed E-state index contributed by atoms with van der Waals surface area (Å²) in [4.78, 5) is 31.3. The Morgan fingerprint density at radius 3 is 2.34 bits per heavy atom. The predicted molar refractivity (Wildman–Crippen MR) is 124 cm³/mol. The molecule has 5 rings (SSSR count). The number of carbonyl (C=O) groups excluding carboxylic acids is 2. The molecule has 0 N–H and O–H groups in total. The van der Waals surface area contributed by atoms with Crippen molar-refractivity contribution in [3.63, 3.8) is 0 Å². The van der Waals surface area contributed by atoms with Gasteiger partial charge in [-0.15, -0.1) is 11.3 Å².